The van der Waals surface area contributed by atoms with Crippen molar-refractivity contribution in [2.24, 2.45) is 0 Å². The van der Waals surface area contributed by atoms with E-state index in [0.29, 0.717) is 36.5 Å². The number of hydrogen-bond donors (Lipinski definition) is 3. The average Bonchev–Trinajstić information content (AvgIpc) is 3.11. The van der Waals surface area contributed by atoms with Crippen molar-refractivity contribution in [1.82, 2.24) is 15.5 Å². The third-order valence-electron chi connectivity index (χ3n) is 7.03. The Morgan fingerprint density at radius 3 is 2.86 bits per heavy atom. The summed E-state index contributed by atoms with van der Waals surface area (Å²) in [7, 11) is 0. The van der Waals surface area contributed by atoms with E-state index in [-0.39, 0.29) is 36.4 Å². The van der Waals surface area contributed by atoms with Gasteiger partial charge in [-0.2, -0.15) is 0 Å². The molecule has 1 fully saturated rings. The third kappa shape index (κ3) is 5.29. The molecule has 2 unspecified atom stereocenters. The second-order valence-electron chi connectivity index (χ2n) is 9.81. The second kappa shape index (κ2) is 10.4. The van der Waals surface area contributed by atoms with Gasteiger partial charge in [0.05, 0.1) is 12.6 Å². The number of nitrogens with zero attached hydrogens (tertiary/aromatic N) is 1. The molecule has 1 saturated heterocycles. The summed E-state index contributed by atoms with van der Waals surface area (Å²) in [4.78, 5) is 27.5. The number of piperidine rings is 1. The number of benzene rings is 2. The van der Waals surface area contributed by atoms with Crippen LogP contribution in [0.5, 0.6) is 0 Å². The molecule has 192 valence electrons. The molecule has 5 rings (SSSR count). The zero-order chi connectivity index (χ0) is 26.0. The highest BCUT2D eigenvalue weighted by atomic mass is 35.5. The number of amides is 1. The summed E-state index contributed by atoms with van der Waals surface area (Å²) in [5.74, 6) is -0.787. The van der Waals surface area contributed by atoms with Crippen molar-refractivity contribution in [2.45, 2.75) is 31.4 Å². The first-order valence-electron chi connectivity index (χ1n) is 12.5. The third-order valence-corrected chi connectivity index (χ3v) is 7.34. The minimum Gasteiger partial charge on any atom is -0.507 e. The zero-order valence-corrected chi connectivity index (χ0v) is 21.4. The van der Waals surface area contributed by atoms with Gasteiger partial charge in [0.1, 0.15) is 5.57 Å². The molecular formula is C29H30ClN3O4. The Hall–Kier alpha value is -3.55. The minimum absolute atomic E-state index is 0.0519. The molecule has 8 heteroatoms. The molecule has 3 N–H and O–H groups in total. The number of nitrogens with one attached hydrogen (secondary N) is 2. The SMILES string of the molecule is Cc1cccc(-c2ccc(C3=C(O)C4(CCCN(CC(=O)NCC5C=CC=CN5)C4)OC3=O)cc2Cl)c1. The molecule has 0 saturated carbocycles. The number of esters is 1. The predicted octanol–water partition coefficient (Wildman–Crippen LogP) is 4.13. The van der Waals surface area contributed by atoms with Crippen LogP contribution in [0.3, 0.4) is 0 Å². The normalized spacial score (nSPS) is 23.3. The van der Waals surface area contributed by atoms with Gasteiger partial charge in [-0.1, -0.05) is 65.7 Å². The van der Waals surface area contributed by atoms with Crippen LogP contribution in [0.25, 0.3) is 16.7 Å². The van der Waals surface area contributed by atoms with Gasteiger partial charge >= 0.3 is 5.97 Å². The molecule has 2 aromatic carbocycles. The predicted molar refractivity (Wildman–Crippen MR) is 144 cm³/mol. The molecule has 0 bridgehead atoms. The van der Waals surface area contributed by atoms with E-state index < -0.39 is 11.6 Å². The Bertz CT molecular complexity index is 1320. The first kappa shape index (κ1) is 25.1. The summed E-state index contributed by atoms with van der Waals surface area (Å²) >= 11 is 6.61. The Labute approximate surface area is 221 Å². The van der Waals surface area contributed by atoms with Crippen molar-refractivity contribution in [1.29, 1.82) is 0 Å². The van der Waals surface area contributed by atoms with Crippen LogP contribution in [0.4, 0.5) is 0 Å². The summed E-state index contributed by atoms with van der Waals surface area (Å²) < 4.78 is 5.80. The maximum Gasteiger partial charge on any atom is 0.343 e. The lowest BCUT2D eigenvalue weighted by Gasteiger charge is -2.38. The fraction of sp³-hybridized carbons (Fsp3) is 0.310. The van der Waals surface area contributed by atoms with Crippen LogP contribution >= 0.6 is 11.6 Å². The van der Waals surface area contributed by atoms with Crippen LogP contribution in [0, 0.1) is 6.92 Å². The maximum atomic E-state index is 13.0. The number of carbonyl (C=O) groups excluding carboxylic acids is 2. The summed E-state index contributed by atoms with van der Waals surface area (Å²) in [5.41, 5.74) is 2.43. The van der Waals surface area contributed by atoms with Crippen molar-refractivity contribution < 1.29 is 19.4 Å². The van der Waals surface area contributed by atoms with Crippen LogP contribution in [-0.4, -0.2) is 59.7 Å². The molecule has 7 nitrogen and oxygen atoms in total. The van der Waals surface area contributed by atoms with E-state index >= 15 is 0 Å². The van der Waals surface area contributed by atoms with Crippen molar-refractivity contribution in [3.8, 4) is 11.1 Å². The van der Waals surface area contributed by atoms with Gasteiger partial charge < -0.3 is 20.5 Å². The molecular weight excluding hydrogens is 490 g/mol. The number of ether oxygens (including phenoxy) is 1. The molecule has 3 aliphatic rings. The molecule has 0 aromatic heterocycles. The van der Waals surface area contributed by atoms with Gasteiger partial charge in [0.25, 0.3) is 0 Å². The molecule has 3 heterocycles. The lowest BCUT2D eigenvalue weighted by Crippen LogP contribution is -2.52. The number of carbonyl (C=O) groups is 2. The van der Waals surface area contributed by atoms with Crippen molar-refractivity contribution in [2.75, 3.05) is 26.2 Å². The molecule has 3 aliphatic heterocycles. The summed E-state index contributed by atoms with van der Waals surface area (Å²) in [5, 5.41) is 17.9. The Balaban J connectivity index is 1.30. The van der Waals surface area contributed by atoms with E-state index in [0.717, 1.165) is 16.7 Å². The topological polar surface area (TPSA) is 90.9 Å². The van der Waals surface area contributed by atoms with E-state index in [2.05, 4.69) is 10.6 Å². The summed E-state index contributed by atoms with van der Waals surface area (Å²) in [6, 6.07) is 13.4. The van der Waals surface area contributed by atoms with Gasteiger partial charge in [-0.05, 0) is 55.8 Å². The Kier molecular flexibility index (Phi) is 7.09. The van der Waals surface area contributed by atoms with Gasteiger partial charge in [0.15, 0.2) is 11.4 Å². The van der Waals surface area contributed by atoms with Crippen molar-refractivity contribution >= 4 is 29.1 Å². The van der Waals surface area contributed by atoms with E-state index in [4.69, 9.17) is 16.3 Å². The highest BCUT2D eigenvalue weighted by molar-refractivity contribution is 6.34. The number of hydrogen-bond acceptors (Lipinski definition) is 6. The molecule has 2 atom stereocenters. The molecule has 0 radical (unpaired) electrons. The lowest BCUT2D eigenvalue weighted by molar-refractivity contribution is -0.152. The summed E-state index contributed by atoms with van der Waals surface area (Å²) in [6.07, 6.45) is 8.84. The molecule has 0 aliphatic carbocycles. The van der Waals surface area contributed by atoms with Gasteiger partial charge in [-0.3, -0.25) is 9.69 Å². The van der Waals surface area contributed by atoms with Gasteiger partial charge in [0, 0.05) is 23.7 Å². The van der Waals surface area contributed by atoms with Crippen LogP contribution in [0.1, 0.15) is 24.0 Å². The fourth-order valence-electron chi connectivity index (χ4n) is 5.19. The van der Waals surface area contributed by atoms with Crippen LogP contribution < -0.4 is 10.6 Å². The number of halogens is 1. The first-order valence-corrected chi connectivity index (χ1v) is 12.8. The van der Waals surface area contributed by atoms with Gasteiger partial charge in [-0.15, -0.1) is 0 Å². The van der Waals surface area contributed by atoms with Crippen molar-refractivity contribution in [3.63, 3.8) is 0 Å². The van der Waals surface area contributed by atoms with Crippen molar-refractivity contribution in [3.05, 3.63) is 88.8 Å². The van der Waals surface area contributed by atoms with E-state index in [1.54, 1.807) is 12.1 Å². The number of dihydropyridines is 1. The highest BCUT2D eigenvalue weighted by Gasteiger charge is 2.51. The van der Waals surface area contributed by atoms with Crippen LogP contribution in [0.15, 0.2) is 72.7 Å². The van der Waals surface area contributed by atoms with E-state index in [9.17, 15) is 14.7 Å². The number of allylic oxidation sites excluding steroid dienone is 2. The quantitative estimate of drug-likeness (QED) is 0.497. The minimum atomic E-state index is -1.16. The number of aliphatic hydroxyl groups excluding tert-OH is 1. The standard InChI is InChI=1S/C29H30ClN3O4/c1-19-6-4-7-20(14-19)23-10-9-21(15-24(23)30)26-27(35)29(37-28(26)36)11-5-13-33(18-29)17-25(34)32-16-22-8-2-3-12-31-22/h2-4,6-10,12,14-15,22,31,35H,5,11,13,16-18H2,1H3,(H,32,34). The summed E-state index contributed by atoms with van der Waals surface area (Å²) in [6.45, 7) is 3.58. The van der Waals surface area contributed by atoms with Gasteiger partial charge in [0.2, 0.25) is 5.91 Å². The van der Waals surface area contributed by atoms with E-state index in [1.807, 2.05) is 66.6 Å². The van der Waals surface area contributed by atoms with Crippen LogP contribution in [0.2, 0.25) is 5.02 Å². The molecule has 37 heavy (non-hydrogen) atoms. The smallest absolute Gasteiger partial charge is 0.343 e. The van der Waals surface area contributed by atoms with Crippen LogP contribution in [-0.2, 0) is 14.3 Å². The molecule has 1 amide bonds. The first-order chi connectivity index (χ1) is 17.8. The number of rotatable bonds is 6. The maximum absolute atomic E-state index is 13.0. The Morgan fingerprint density at radius 2 is 2.11 bits per heavy atom. The molecule has 2 aromatic rings. The van der Waals surface area contributed by atoms with E-state index in [1.165, 1.54) is 0 Å². The highest BCUT2D eigenvalue weighted by Crippen LogP contribution is 2.43. The van der Waals surface area contributed by atoms with Gasteiger partial charge in [-0.25, -0.2) is 4.79 Å². The number of aliphatic hydroxyl groups is 1. The molecule has 1 spiro atoms. The zero-order valence-electron chi connectivity index (χ0n) is 20.7. The second-order valence-corrected chi connectivity index (χ2v) is 10.2. The number of aryl methyl sites for hydroxylation is 1. The average molecular weight is 520 g/mol. The fourth-order valence-corrected chi connectivity index (χ4v) is 5.48. The Morgan fingerprint density at radius 1 is 1.24 bits per heavy atom. The largest absolute Gasteiger partial charge is 0.507 e. The monoisotopic (exact) mass is 519 g/mol. The lowest BCUT2D eigenvalue weighted by atomic mass is 9.88. The number of likely N-dealkylation sites (tertiary alicyclic amines) is 1.